The molecule has 11 heteroatoms. The van der Waals surface area contributed by atoms with E-state index in [4.69, 9.17) is 21.9 Å². The van der Waals surface area contributed by atoms with Gasteiger partial charge in [0.25, 0.3) is 10.0 Å². The summed E-state index contributed by atoms with van der Waals surface area (Å²) in [6, 6.07) is 15.4. The summed E-state index contributed by atoms with van der Waals surface area (Å²) in [5.41, 5.74) is 7.89. The Balaban J connectivity index is 1.38. The first-order valence-corrected chi connectivity index (χ1v) is 11.8. The molecule has 168 valence electrons. The van der Waals surface area contributed by atoms with Gasteiger partial charge in [0.15, 0.2) is 11.8 Å². The number of aryl methyl sites for hydroxylation is 1. The molecule has 0 radical (unpaired) electrons. The van der Waals surface area contributed by atoms with Crippen molar-refractivity contribution < 1.29 is 12.9 Å². The lowest BCUT2D eigenvalue weighted by Crippen LogP contribution is -2.51. The Labute approximate surface area is 191 Å². The van der Waals surface area contributed by atoms with Crippen molar-refractivity contribution in [1.82, 2.24) is 10.1 Å². The summed E-state index contributed by atoms with van der Waals surface area (Å²) in [6.07, 6.45) is 0. The average molecular weight is 475 g/mol. The molecule has 9 nitrogen and oxygen atoms in total. The lowest BCUT2D eigenvalue weighted by Gasteiger charge is -2.36. The average Bonchev–Trinajstić information content (AvgIpc) is 3.18. The first-order chi connectivity index (χ1) is 15.3. The van der Waals surface area contributed by atoms with Gasteiger partial charge in [0.05, 0.1) is 10.6 Å². The predicted molar refractivity (Wildman–Crippen MR) is 125 cm³/mol. The Morgan fingerprint density at radius 2 is 1.75 bits per heavy atom. The van der Waals surface area contributed by atoms with Crippen LogP contribution in [0.2, 0.25) is 5.02 Å². The van der Waals surface area contributed by atoms with Crippen LogP contribution in [0.15, 0.2) is 69.0 Å². The molecule has 1 aliphatic heterocycles. The van der Waals surface area contributed by atoms with Crippen LogP contribution in [-0.2, 0) is 10.0 Å². The molecule has 0 unspecified atom stereocenters. The lowest BCUT2D eigenvalue weighted by molar-refractivity contribution is 0.382. The monoisotopic (exact) mass is 474 g/mol. The number of nitrogens with zero attached hydrogens (tertiary/aromatic N) is 4. The maximum Gasteiger partial charge on any atom is 0.263 e. The summed E-state index contributed by atoms with van der Waals surface area (Å²) in [4.78, 5) is 8.81. The van der Waals surface area contributed by atoms with Gasteiger partial charge in [0.1, 0.15) is 5.76 Å². The molecule has 3 N–H and O–H groups in total. The predicted octanol–water partition coefficient (Wildman–Crippen LogP) is 3.21. The number of hydrogen-bond donors (Lipinski definition) is 2. The molecule has 0 aliphatic carbocycles. The molecule has 1 fully saturated rings. The number of sulfonamides is 1. The summed E-state index contributed by atoms with van der Waals surface area (Å²) in [5.74, 6) is 1.04. The standard InChI is InChI=1S/C21H23ClN6O3S/c1-15-14-20(25-31-15)26-32(29,30)19-8-4-17(5-9-19)24-21(23)28-12-10-27(11-13-28)18-6-2-16(22)3-7-18/h2-9,14H,10-13H2,1H3,(H2,23,24)(H,25,26). The van der Waals surface area contributed by atoms with E-state index in [-0.39, 0.29) is 10.7 Å². The van der Waals surface area contributed by atoms with Crippen molar-refractivity contribution in [3.63, 3.8) is 0 Å². The number of nitrogens with two attached hydrogens (primary N) is 1. The van der Waals surface area contributed by atoms with E-state index in [1.54, 1.807) is 19.1 Å². The van der Waals surface area contributed by atoms with Gasteiger partial charge in [-0.25, -0.2) is 13.4 Å². The smallest absolute Gasteiger partial charge is 0.263 e. The molecule has 0 saturated carbocycles. The van der Waals surface area contributed by atoms with E-state index in [9.17, 15) is 8.42 Å². The van der Waals surface area contributed by atoms with Gasteiger partial charge in [-0.1, -0.05) is 16.8 Å². The van der Waals surface area contributed by atoms with Crippen molar-refractivity contribution in [3.8, 4) is 0 Å². The highest BCUT2D eigenvalue weighted by molar-refractivity contribution is 7.92. The molecule has 2 aromatic carbocycles. The van der Waals surface area contributed by atoms with Crippen LogP contribution in [0.4, 0.5) is 17.2 Å². The molecular weight excluding hydrogens is 452 g/mol. The Morgan fingerprint density at radius 3 is 2.34 bits per heavy atom. The molecule has 1 aromatic heterocycles. The number of piperazine rings is 1. The highest BCUT2D eigenvalue weighted by Gasteiger charge is 2.19. The van der Waals surface area contributed by atoms with Crippen LogP contribution in [0.1, 0.15) is 5.76 Å². The summed E-state index contributed by atoms with van der Waals surface area (Å²) in [7, 11) is -3.78. The van der Waals surface area contributed by atoms with E-state index in [2.05, 4.69) is 19.8 Å². The summed E-state index contributed by atoms with van der Waals surface area (Å²) in [5, 5.41) is 4.36. The minimum absolute atomic E-state index is 0.0900. The number of aliphatic imine (C=N–C) groups is 1. The van der Waals surface area contributed by atoms with Crippen LogP contribution in [0.25, 0.3) is 0 Å². The first kappa shape index (κ1) is 22.0. The number of rotatable bonds is 5. The fraction of sp³-hybridized carbons (Fsp3) is 0.238. The van der Waals surface area contributed by atoms with Gasteiger partial charge in [-0.05, 0) is 55.5 Å². The second-order valence-electron chi connectivity index (χ2n) is 7.34. The Bertz CT molecular complexity index is 1200. The second kappa shape index (κ2) is 9.09. The van der Waals surface area contributed by atoms with Crippen molar-refractivity contribution in [1.29, 1.82) is 0 Å². The Kier molecular flexibility index (Phi) is 6.24. The minimum atomic E-state index is -3.78. The second-order valence-corrected chi connectivity index (χ2v) is 9.46. The van der Waals surface area contributed by atoms with Crippen molar-refractivity contribution in [2.45, 2.75) is 11.8 Å². The van der Waals surface area contributed by atoms with Crippen LogP contribution < -0.4 is 15.4 Å². The number of benzene rings is 2. The number of nitrogens with one attached hydrogen (secondary N) is 1. The molecular formula is C21H23ClN6O3S. The van der Waals surface area contributed by atoms with Gasteiger partial charge < -0.3 is 20.1 Å². The Hall–Kier alpha value is -3.24. The van der Waals surface area contributed by atoms with E-state index in [1.807, 2.05) is 29.2 Å². The molecule has 32 heavy (non-hydrogen) atoms. The topological polar surface area (TPSA) is 117 Å². The molecule has 0 bridgehead atoms. The van der Waals surface area contributed by atoms with Gasteiger partial charge in [0.2, 0.25) is 0 Å². The molecule has 2 heterocycles. The van der Waals surface area contributed by atoms with Crippen molar-refractivity contribution in [2.75, 3.05) is 35.8 Å². The number of aromatic nitrogens is 1. The number of halogens is 1. The van der Waals surface area contributed by atoms with Crippen LogP contribution in [0.5, 0.6) is 0 Å². The maximum atomic E-state index is 12.5. The van der Waals surface area contributed by atoms with Crippen LogP contribution >= 0.6 is 11.6 Å². The highest BCUT2D eigenvalue weighted by atomic mass is 35.5. The van der Waals surface area contributed by atoms with E-state index in [0.717, 1.165) is 31.9 Å². The lowest BCUT2D eigenvalue weighted by atomic mass is 10.2. The van der Waals surface area contributed by atoms with Gasteiger partial charge in [0, 0.05) is 43.0 Å². The number of guanidine groups is 1. The van der Waals surface area contributed by atoms with E-state index < -0.39 is 10.0 Å². The molecule has 4 rings (SSSR count). The Morgan fingerprint density at radius 1 is 1.09 bits per heavy atom. The van der Waals surface area contributed by atoms with Crippen LogP contribution in [0, 0.1) is 6.92 Å². The summed E-state index contributed by atoms with van der Waals surface area (Å²) in [6.45, 7) is 4.75. The maximum absolute atomic E-state index is 12.5. The molecule has 0 amide bonds. The quantitative estimate of drug-likeness (QED) is 0.430. The van der Waals surface area contributed by atoms with Gasteiger partial charge in [-0.3, -0.25) is 4.72 Å². The van der Waals surface area contributed by atoms with E-state index >= 15 is 0 Å². The molecule has 3 aromatic rings. The van der Waals surface area contributed by atoms with Crippen molar-refractivity contribution in [2.24, 2.45) is 10.7 Å². The minimum Gasteiger partial charge on any atom is -0.369 e. The van der Waals surface area contributed by atoms with Gasteiger partial charge in [-0.2, -0.15) is 0 Å². The third kappa shape index (κ3) is 5.14. The van der Waals surface area contributed by atoms with Gasteiger partial charge >= 0.3 is 0 Å². The molecule has 0 spiro atoms. The zero-order chi connectivity index (χ0) is 22.7. The van der Waals surface area contributed by atoms with Crippen molar-refractivity contribution in [3.05, 3.63) is 65.4 Å². The number of anilines is 2. The normalized spacial score (nSPS) is 15.1. The first-order valence-electron chi connectivity index (χ1n) is 9.96. The van der Waals surface area contributed by atoms with Gasteiger partial charge in [-0.15, -0.1) is 0 Å². The molecule has 1 aliphatic rings. The fourth-order valence-electron chi connectivity index (χ4n) is 3.36. The highest BCUT2D eigenvalue weighted by Crippen LogP contribution is 2.21. The van der Waals surface area contributed by atoms with Crippen LogP contribution in [0.3, 0.4) is 0 Å². The largest absolute Gasteiger partial charge is 0.369 e. The molecule has 0 atom stereocenters. The summed E-state index contributed by atoms with van der Waals surface area (Å²) >= 11 is 5.96. The SMILES string of the molecule is Cc1cc(NS(=O)(=O)c2ccc(N=C(N)N3CCN(c4ccc(Cl)cc4)CC3)cc2)no1. The number of hydrogen-bond acceptors (Lipinski definition) is 6. The van der Waals surface area contributed by atoms with Crippen LogP contribution in [-0.4, -0.2) is 50.6 Å². The molecule has 1 saturated heterocycles. The fourth-order valence-corrected chi connectivity index (χ4v) is 4.47. The van der Waals surface area contributed by atoms with E-state index in [1.165, 1.54) is 18.2 Å². The zero-order valence-corrected chi connectivity index (χ0v) is 19.0. The zero-order valence-electron chi connectivity index (χ0n) is 17.4. The third-order valence-corrected chi connectivity index (χ3v) is 6.68. The summed E-state index contributed by atoms with van der Waals surface area (Å²) < 4.78 is 32.2. The van der Waals surface area contributed by atoms with E-state index in [0.29, 0.717) is 22.4 Å². The van der Waals surface area contributed by atoms with Crippen molar-refractivity contribution >= 4 is 44.8 Å². The third-order valence-electron chi connectivity index (χ3n) is 5.05.